The molecule has 0 saturated heterocycles. The largest absolute Gasteiger partial charge is 0.330 e. The summed E-state index contributed by atoms with van der Waals surface area (Å²) in [7, 11) is 0. The third-order valence-electron chi connectivity index (χ3n) is 1.98. The van der Waals surface area contributed by atoms with Gasteiger partial charge in [-0.1, -0.05) is 6.07 Å². The van der Waals surface area contributed by atoms with Crippen LogP contribution < -0.4 is 11.5 Å². The van der Waals surface area contributed by atoms with Crippen LogP contribution >= 0.6 is 0 Å². The van der Waals surface area contributed by atoms with Crippen LogP contribution in [0.15, 0.2) is 18.2 Å². The molecule has 0 aliphatic carbocycles. The molecule has 0 radical (unpaired) electrons. The second-order valence-electron chi connectivity index (χ2n) is 2.80. The summed E-state index contributed by atoms with van der Waals surface area (Å²) in [6, 6.07) is 3.73. The fourth-order valence-corrected chi connectivity index (χ4v) is 1.23. The molecule has 1 aromatic carbocycles. The van der Waals surface area contributed by atoms with Gasteiger partial charge >= 0.3 is 0 Å². The number of nitrogens with two attached hydrogens (primary N) is 2. The quantitative estimate of drug-likeness (QED) is 0.738. The van der Waals surface area contributed by atoms with Gasteiger partial charge in [0.25, 0.3) is 0 Å². The lowest BCUT2D eigenvalue weighted by atomic mass is 9.98. The molecule has 0 atom stereocenters. The summed E-state index contributed by atoms with van der Waals surface area (Å²) in [5.41, 5.74) is 10.7. The average molecular weight is 186 g/mol. The zero-order chi connectivity index (χ0) is 9.84. The number of benzene rings is 1. The second kappa shape index (κ2) is 4.30. The standard InChI is InChI=1S/C9H12F2N2/c10-7-2-1-3-8(11)9(7)6(4-12)5-13/h1-3,6H,4-5,12-13H2. The van der Waals surface area contributed by atoms with Crippen molar-refractivity contribution in [3.8, 4) is 0 Å². The molecule has 13 heavy (non-hydrogen) atoms. The Balaban J connectivity index is 3.10. The molecule has 0 amide bonds. The van der Waals surface area contributed by atoms with Crippen LogP contribution in [0.3, 0.4) is 0 Å². The molecule has 0 fully saturated rings. The SMILES string of the molecule is NCC(CN)c1c(F)cccc1F. The van der Waals surface area contributed by atoms with Crippen molar-refractivity contribution in [2.75, 3.05) is 13.1 Å². The predicted molar refractivity (Wildman–Crippen MR) is 47.2 cm³/mol. The highest BCUT2D eigenvalue weighted by molar-refractivity contribution is 5.24. The normalized spacial score (nSPS) is 10.8. The summed E-state index contributed by atoms with van der Waals surface area (Å²) in [6.45, 7) is 0.294. The second-order valence-corrected chi connectivity index (χ2v) is 2.80. The van der Waals surface area contributed by atoms with E-state index in [1.165, 1.54) is 18.2 Å². The molecule has 0 spiro atoms. The summed E-state index contributed by atoms with van der Waals surface area (Å²) in [4.78, 5) is 0. The summed E-state index contributed by atoms with van der Waals surface area (Å²) in [5, 5.41) is 0. The highest BCUT2D eigenvalue weighted by atomic mass is 19.1. The predicted octanol–water partition coefficient (Wildman–Crippen LogP) is 0.966. The number of hydrogen-bond donors (Lipinski definition) is 2. The van der Waals surface area contributed by atoms with Crippen molar-refractivity contribution in [1.82, 2.24) is 0 Å². The number of rotatable bonds is 3. The topological polar surface area (TPSA) is 52.0 Å². The Kier molecular flexibility index (Phi) is 3.33. The van der Waals surface area contributed by atoms with Gasteiger partial charge < -0.3 is 11.5 Å². The molecular formula is C9H12F2N2. The zero-order valence-corrected chi connectivity index (χ0v) is 7.13. The lowest BCUT2D eigenvalue weighted by Gasteiger charge is -2.13. The lowest BCUT2D eigenvalue weighted by molar-refractivity contribution is 0.525. The zero-order valence-electron chi connectivity index (χ0n) is 7.13. The summed E-state index contributed by atoms with van der Waals surface area (Å²) in [5.74, 6) is -1.61. The van der Waals surface area contributed by atoms with E-state index in [4.69, 9.17) is 11.5 Å². The van der Waals surface area contributed by atoms with E-state index in [0.29, 0.717) is 0 Å². The first-order valence-corrected chi connectivity index (χ1v) is 4.04. The third-order valence-corrected chi connectivity index (χ3v) is 1.98. The summed E-state index contributed by atoms with van der Waals surface area (Å²) >= 11 is 0. The molecule has 2 nitrogen and oxygen atoms in total. The highest BCUT2D eigenvalue weighted by Crippen LogP contribution is 2.20. The van der Waals surface area contributed by atoms with Gasteiger partial charge in [0.2, 0.25) is 0 Å². The van der Waals surface area contributed by atoms with Crippen molar-refractivity contribution >= 4 is 0 Å². The van der Waals surface area contributed by atoms with E-state index in [1.54, 1.807) is 0 Å². The van der Waals surface area contributed by atoms with Crippen molar-refractivity contribution in [3.05, 3.63) is 35.4 Å². The van der Waals surface area contributed by atoms with Crippen LogP contribution in [0.2, 0.25) is 0 Å². The molecule has 4 N–H and O–H groups in total. The van der Waals surface area contributed by atoms with Crippen molar-refractivity contribution in [1.29, 1.82) is 0 Å². The van der Waals surface area contributed by atoms with E-state index in [0.717, 1.165) is 0 Å². The van der Waals surface area contributed by atoms with Crippen LogP contribution in [0.5, 0.6) is 0 Å². The maximum atomic E-state index is 13.1. The Hall–Kier alpha value is -1.00. The monoisotopic (exact) mass is 186 g/mol. The Bertz CT molecular complexity index is 265. The highest BCUT2D eigenvalue weighted by Gasteiger charge is 2.16. The molecule has 1 rings (SSSR count). The van der Waals surface area contributed by atoms with Crippen LogP contribution in [0, 0.1) is 11.6 Å². The Morgan fingerprint density at radius 1 is 1.08 bits per heavy atom. The Morgan fingerprint density at radius 2 is 1.54 bits per heavy atom. The minimum atomic E-state index is -0.582. The van der Waals surface area contributed by atoms with Gasteiger partial charge in [-0.05, 0) is 12.1 Å². The van der Waals surface area contributed by atoms with Crippen LogP contribution in [0.25, 0.3) is 0 Å². The minimum absolute atomic E-state index is 0.00694. The Labute approximate surface area is 75.5 Å². The number of hydrogen-bond acceptors (Lipinski definition) is 2. The van der Waals surface area contributed by atoms with E-state index >= 15 is 0 Å². The molecular weight excluding hydrogens is 174 g/mol. The van der Waals surface area contributed by atoms with Gasteiger partial charge in [-0.3, -0.25) is 0 Å². The van der Waals surface area contributed by atoms with Crippen LogP contribution in [-0.4, -0.2) is 13.1 Å². The Morgan fingerprint density at radius 3 is 1.92 bits per heavy atom. The third kappa shape index (κ3) is 2.02. The molecule has 0 aliphatic rings. The smallest absolute Gasteiger partial charge is 0.129 e. The fourth-order valence-electron chi connectivity index (χ4n) is 1.23. The van der Waals surface area contributed by atoms with Gasteiger partial charge in [-0.2, -0.15) is 0 Å². The first kappa shape index (κ1) is 10.1. The minimum Gasteiger partial charge on any atom is -0.330 e. The summed E-state index contributed by atoms with van der Waals surface area (Å²) < 4.78 is 26.2. The van der Waals surface area contributed by atoms with Crippen LogP contribution in [0.1, 0.15) is 11.5 Å². The van der Waals surface area contributed by atoms with Crippen molar-refractivity contribution in [3.63, 3.8) is 0 Å². The fraction of sp³-hybridized carbons (Fsp3) is 0.333. The molecule has 0 aromatic heterocycles. The van der Waals surface area contributed by atoms with E-state index in [1.807, 2.05) is 0 Å². The van der Waals surface area contributed by atoms with E-state index in [9.17, 15) is 8.78 Å². The molecule has 72 valence electrons. The molecule has 0 saturated carbocycles. The maximum absolute atomic E-state index is 13.1. The average Bonchev–Trinajstić information content (AvgIpc) is 2.11. The van der Waals surface area contributed by atoms with Crippen LogP contribution in [-0.2, 0) is 0 Å². The van der Waals surface area contributed by atoms with Gasteiger partial charge in [-0.25, -0.2) is 8.78 Å². The van der Waals surface area contributed by atoms with Crippen molar-refractivity contribution in [2.24, 2.45) is 11.5 Å². The van der Waals surface area contributed by atoms with Gasteiger partial charge in [0.1, 0.15) is 11.6 Å². The van der Waals surface area contributed by atoms with Crippen LogP contribution in [0.4, 0.5) is 8.78 Å². The molecule has 4 heteroatoms. The maximum Gasteiger partial charge on any atom is 0.129 e. The first-order chi connectivity index (χ1) is 6.20. The first-order valence-electron chi connectivity index (χ1n) is 4.04. The van der Waals surface area contributed by atoms with Crippen molar-refractivity contribution < 1.29 is 8.78 Å². The van der Waals surface area contributed by atoms with E-state index in [2.05, 4.69) is 0 Å². The number of halogens is 2. The van der Waals surface area contributed by atoms with Gasteiger partial charge in [-0.15, -0.1) is 0 Å². The summed E-state index contributed by atoms with van der Waals surface area (Å²) in [6.07, 6.45) is 0. The van der Waals surface area contributed by atoms with Crippen molar-refractivity contribution in [2.45, 2.75) is 5.92 Å². The molecule has 0 aliphatic heterocycles. The molecule has 0 unspecified atom stereocenters. The molecule has 0 heterocycles. The van der Waals surface area contributed by atoms with Gasteiger partial charge in [0, 0.05) is 24.6 Å². The molecule has 1 aromatic rings. The van der Waals surface area contributed by atoms with E-state index < -0.39 is 17.6 Å². The van der Waals surface area contributed by atoms with Gasteiger partial charge in [0.05, 0.1) is 0 Å². The van der Waals surface area contributed by atoms with Gasteiger partial charge in [0.15, 0.2) is 0 Å². The molecule has 0 bridgehead atoms. The lowest BCUT2D eigenvalue weighted by Crippen LogP contribution is -2.23. The van der Waals surface area contributed by atoms with E-state index in [-0.39, 0.29) is 18.7 Å².